The van der Waals surface area contributed by atoms with Gasteiger partial charge < -0.3 is 10.1 Å². The van der Waals surface area contributed by atoms with Crippen molar-refractivity contribution in [1.29, 1.82) is 0 Å². The van der Waals surface area contributed by atoms with Gasteiger partial charge in [0.05, 0.1) is 19.2 Å². The third-order valence-electron chi connectivity index (χ3n) is 3.99. The molecule has 1 amide bonds. The van der Waals surface area contributed by atoms with E-state index >= 15 is 0 Å². The minimum Gasteiger partial charge on any atom is -0.492 e. The molecule has 2 aromatic carbocycles. The number of hydrogen-bond acceptors (Lipinski definition) is 4. The smallest absolute Gasteiger partial charge is 0.247 e. The molecule has 9 heteroatoms. The molecule has 0 radical (unpaired) electrons. The summed E-state index contributed by atoms with van der Waals surface area (Å²) in [6.07, 6.45) is 0. The Balaban J connectivity index is 2.14. The van der Waals surface area contributed by atoms with Gasteiger partial charge in [-0.1, -0.05) is 39.7 Å². The van der Waals surface area contributed by atoms with Crippen molar-refractivity contribution in [3.05, 3.63) is 57.5 Å². The number of nitrogens with zero attached hydrogens (tertiary/aromatic N) is 1. The van der Waals surface area contributed by atoms with Crippen LogP contribution in [0.25, 0.3) is 0 Å². The Hall–Kier alpha value is -1.61. The molecule has 0 aliphatic rings. The minimum absolute atomic E-state index is 0.0720. The summed E-state index contributed by atoms with van der Waals surface area (Å²) in [5.74, 6) is -0.222. The van der Waals surface area contributed by atoms with Crippen LogP contribution in [0.15, 0.2) is 51.8 Å². The van der Waals surface area contributed by atoms with E-state index in [1.165, 1.54) is 19.2 Å². The average Bonchev–Trinajstić information content (AvgIpc) is 2.63. The summed E-state index contributed by atoms with van der Waals surface area (Å²) in [6.45, 7) is 3.56. The molecule has 1 N–H and O–H groups in total. The monoisotopic (exact) mass is 488 g/mol. The van der Waals surface area contributed by atoms with Gasteiger partial charge in [0, 0.05) is 16.5 Å². The summed E-state index contributed by atoms with van der Waals surface area (Å²) in [6, 6.07) is 11.6. The first-order valence-corrected chi connectivity index (χ1v) is 11.2. The third-order valence-corrected chi connectivity index (χ3v) is 6.54. The molecule has 6 nitrogen and oxygen atoms in total. The van der Waals surface area contributed by atoms with Gasteiger partial charge in [0.2, 0.25) is 15.9 Å². The maximum absolute atomic E-state index is 12.9. The summed E-state index contributed by atoms with van der Waals surface area (Å²) < 4.78 is 33.1. The quantitative estimate of drug-likeness (QED) is 0.608. The molecule has 0 saturated carbocycles. The van der Waals surface area contributed by atoms with E-state index in [4.69, 9.17) is 16.3 Å². The highest BCUT2D eigenvalue weighted by molar-refractivity contribution is 9.10. The highest BCUT2D eigenvalue weighted by atomic mass is 79.9. The molecule has 0 bridgehead atoms. The first-order chi connectivity index (χ1) is 13.1. The van der Waals surface area contributed by atoms with Gasteiger partial charge in [-0.05, 0) is 49.7 Å². The zero-order chi connectivity index (χ0) is 20.9. The molecule has 2 aromatic rings. The van der Waals surface area contributed by atoms with Gasteiger partial charge in [0.15, 0.2) is 0 Å². The largest absolute Gasteiger partial charge is 0.492 e. The standard InChI is InChI=1S/C19H22BrClN2O4S/c1-4-27-17-9-8-16(21)11-18(17)28(25,26)23(3)12-19(24)22-13(2)14-6-5-7-15(20)10-14/h5-11,13H,4,12H2,1-3H3,(H,22,24). The summed E-state index contributed by atoms with van der Waals surface area (Å²) in [5.41, 5.74) is 0.904. The SMILES string of the molecule is CCOc1ccc(Cl)cc1S(=O)(=O)N(C)CC(=O)NC(C)c1cccc(Br)c1. The molecule has 1 atom stereocenters. The van der Waals surface area contributed by atoms with E-state index in [2.05, 4.69) is 21.2 Å². The van der Waals surface area contributed by atoms with Gasteiger partial charge in [-0.15, -0.1) is 0 Å². The highest BCUT2D eigenvalue weighted by Gasteiger charge is 2.27. The lowest BCUT2D eigenvalue weighted by Gasteiger charge is -2.21. The van der Waals surface area contributed by atoms with Crippen LogP contribution in [0.4, 0.5) is 0 Å². The molecule has 0 spiro atoms. The topological polar surface area (TPSA) is 75.7 Å². The van der Waals surface area contributed by atoms with E-state index < -0.39 is 15.9 Å². The second kappa shape index (κ2) is 9.73. The number of amides is 1. The van der Waals surface area contributed by atoms with Gasteiger partial charge in [0.1, 0.15) is 10.6 Å². The Morgan fingerprint density at radius 2 is 2.00 bits per heavy atom. The van der Waals surface area contributed by atoms with Gasteiger partial charge in [0.25, 0.3) is 0 Å². The number of rotatable bonds is 8. The normalized spacial score (nSPS) is 12.6. The number of likely N-dealkylation sites (N-methyl/N-ethyl adjacent to an activating group) is 1. The Bertz CT molecular complexity index is 953. The third kappa shape index (κ3) is 5.70. The molecular formula is C19H22BrClN2O4S. The van der Waals surface area contributed by atoms with Gasteiger partial charge in [-0.3, -0.25) is 4.79 Å². The second-order valence-electron chi connectivity index (χ2n) is 6.13. The lowest BCUT2D eigenvalue weighted by Crippen LogP contribution is -2.39. The number of halogens is 2. The maximum atomic E-state index is 12.9. The maximum Gasteiger partial charge on any atom is 0.247 e. The number of sulfonamides is 1. The molecule has 0 aromatic heterocycles. The van der Waals surface area contributed by atoms with E-state index in [0.29, 0.717) is 6.61 Å². The first-order valence-electron chi connectivity index (χ1n) is 8.58. The van der Waals surface area contributed by atoms with E-state index in [9.17, 15) is 13.2 Å². The van der Waals surface area contributed by atoms with Crippen LogP contribution in [-0.2, 0) is 14.8 Å². The summed E-state index contributed by atoms with van der Waals surface area (Å²) in [7, 11) is -2.62. The Morgan fingerprint density at radius 1 is 1.29 bits per heavy atom. The lowest BCUT2D eigenvalue weighted by molar-refractivity contribution is -0.121. The molecule has 2 rings (SSSR count). The van der Waals surface area contributed by atoms with Crippen LogP contribution >= 0.6 is 27.5 Å². The van der Waals surface area contributed by atoms with Crippen molar-refractivity contribution in [2.75, 3.05) is 20.2 Å². The molecule has 0 heterocycles. The van der Waals surface area contributed by atoms with Crippen molar-refractivity contribution in [3.8, 4) is 5.75 Å². The van der Waals surface area contributed by atoms with Crippen LogP contribution in [-0.4, -0.2) is 38.8 Å². The van der Waals surface area contributed by atoms with E-state index in [1.54, 1.807) is 13.0 Å². The summed E-state index contributed by atoms with van der Waals surface area (Å²) in [4.78, 5) is 12.3. The van der Waals surface area contributed by atoms with Gasteiger partial charge >= 0.3 is 0 Å². The molecular weight excluding hydrogens is 468 g/mol. The van der Waals surface area contributed by atoms with E-state index in [1.807, 2.05) is 31.2 Å². The van der Waals surface area contributed by atoms with Crippen molar-refractivity contribution in [2.24, 2.45) is 0 Å². The fourth-order valence-electron chi connectivity index (χ4n) is 2.56. The molecule has 152 valence electrons. The van der Waals surface area contributed by atoms with Crippen LogP contribution in [0.2, 0.25) is 5.02 Å². The second-order valence-corrected chi connectivity index (χ2v) is 9.49. The number of ether oxygens (including phenoxy) is 1. The molecule has 1 unspecified atom stereocenters. The van der Waals surface area contributed by atoms with Crippen LogP contribution in [0.3, 0.4) is 0 Å². The molecule has 28 heavy (non-hydrogen) atoms. The number of nitrogens with one attached hydrogen (secondary N) is 1. The van der Waals surface area contributed by atoms with Crippen LogP contribution in [0.5, 0.6) is 5.75 Å². The Morgan fingerprint density at radius 3 is 2.64 bits per heavy atom. The van der Waals surface area contributed by atoms with Crippen molar-refractivity contribution in [3.63, 3.8) is 0 Å². The highest BCUT2D eigenvalue weighted by Crippen LogP contribution is 2.29. The number of hydrogen-bond donors (Lipinski definition) is 1. The number of benzene rings is 2. The van der Waals surface area contributed by atoms with E-state index in [-0.39, 0.29) is 28.3 Å². The molecule has 0 aliphatic carbocycles. The van der Waals surface area contributed by atoms with Crippen LogP contribution < -0.4 is 10.1 Å². The van der Waals surface area contributed by atoms with Crippen molar-refractivity contribution >= 4 is 43.5 Å². The number of carbonyl (C=O) groups excluding carboxylic acids is 1. The summed E-state index contributed by atoms with van der Waals surface area (Å²) >= 11 is 9.35. The number of carbonyl (C=O) groups is 1. The predicted molar refractivity (Wildman–Crippen MR) is 113 cm³/mol. The van der Waals surface area contributed by atoms with Gasteiger partial charge in [-0.2, -0.15) is 4.31 Å². The lowest BCUT2D eigenvalue weighted by atomic mass is 10.1. The molecule has 0 saturated heterocycles. The fourth-order valence-corrected chi connectivity index (χ4v) is 4.49. The zero-order valence-corrected chi connectivity index (χ0v) is 18.9. The predicted octanol–water partition coefficient (Wildman–Crippen LogP) is 4.00. The minimum atomic E-state index is -3.96. The zero-order valence-electron chi connectivity index (χ0n) is 15.8. The van der Waals surface area contributed by atoms with Crippen molar-refractivity contribution < 1.29 is 17.9 Å². The van der Waals surface area contributed by atoms with Crippen LogP contribution in [0, 0.1) is 0 Å². The Kier molecular flexibility index (Phi) is 7.88. The fraction of sp³-hybridized carbons (Fsp3) is 0.316. The molecule has 0 fully saturated rings. The van der Waals surface area contributed by atoms with Gasteiger partial charge in [-0.25, -0.2) is 8.42 Å². The molecule has 0 aliphatic heterocycles. The van der Waals surface area contributed by atoms with Crippen molar-refractivity contribution in [2.45, 2.75) is 24.8 Å². The van der Waals surface area contributed by atoms with Crippen molar-refractivity contribution in [1.82, 2.24) is 9.62 Å². The summed E-state index contributed by atoms with van der Waals surface area (Å²) in [5, 5.41) is 3.07. The van der Waals surface area contributed by atoms with Crippen LogP contribution in [0.1, 0.15) is 25.5 Å². The first kappa shape index (κ1) is 22.7. The van der Waals surface area contributed by atoms with E-state index in [0.717, 1.165) is 14.3 Å². The average molecular weight is 490 g/mol. The Labute approximate surface area is 179 Å².